The van der Waals surface area contributed by atoms with Gasteiger partial charge in [0, 0.05) is 16.6 Å². The van der Waals surface area contributed by atoms with Gasteiger partial charge in [0.15, 0.2) is 0 Å². The van der Waals surface area contributed by atoms with Crippen LogP contribution in [0.3, 0.4) is 0 Å². The molecular weight excluding hydrogens is 354 g/mol. The van der Waals surface area contributed by atoms with Crippen LogP contribution in [0, 0.1) is 0 Å². The van der Waals surface area contributed by atoms with E-state index >= 15 is 0 Å². The van der Waals surface area contributed by atoms with Crippen LogP contribution < -0.4 is 16.5 Å². The largest absolute Gasteiger partial charge is 0.385 e. The highest BCUT2D eigenvalue weighted by atomic mass is 16.1. The second kappa shape index (κ2) is 6.92. The SMILES string of the molecule is C=C(N)N/N=C(\C)c1ccc2[nH]c(C(=O)Nc3ccc4nc[nH]c4c3)cc2c1. The highest BCUT2D eigenvalue weighted by molar-refractivity contribution is 6.07. The summed E-state index contributed by atoms with van der Waals surface area (Å²) in [7, 11) is 0. The molecule has 140 valence electrons. The van der Waals surface area contributed by atoms with Crippen LogP contribution in [0.2, 0.25) is 0 Å². The molecule has 2 aromatic carbocycles. The molecule has 0 unspecified atom stereocenters. The minimum absolute atomic E-state index is 0.219. The fourth-order valence-electron chi connectivity index (χ4n) is 2.91. The minimum atomic E-state index is -0.219. The van der Waals surface area contributed by atoms with E-state index in [0.717, 1.165) is 33.2 Å². The Morgan fingerprint density at radius 2 is 2.04 bits per heavy atom. The van der Waals surface area contributed by atoms with Crippen molar-refractivity contribution in [2.24, 2.45) is 10.8 Å². The van der Waals surface area contributed by atoms with Gasteiger partial charge in [-0.3, -0.25) is 10.2 Å². The number of benzene rings is 2. The first-order chi connectivity index (χ1) is 13.5. The van der Waals surface area contributed by atoms with Gasteiger partial charge in [0.25, 0.3) is 5.91 Å². The van der Waals surface area contributed by atoms with Crippen molar-refractivity contribution in [2.75, 3.05) is 5.32 Å². The van der Waals surface area contributed by atoms with Gasteiger partial charge in [-0.25, -0.2) is 4.98 Å². The summed E-state index contributed by atoms with van der Waals surface area (Å²) in [6, 6.07) is 13.1. The molecule has 2 heterocycles. The molecule has 0 spiro atoms. The van der Waals surface area contributed by atoms with Gasteiger partial charge in [0.05, 0.1) is 23.1 Å². The number of hydrogen-bond acceptors (Lipinski definition) is 5. The third kappa shape index (κ3) is 3.43. The number of nitrogens with one attached hydrogen (secondary N) is 4. The van der Waals surface area contributed by atoms with Crippen molar-refractivity contribution in [2.45, 2.75) is 6.92 Å². The quantitative estimate of drug-likeness (QED) is 0.272. The summed E-state index contributed by atoms with van der Waals surface area (Å²) in [6.45, 7) is 5.41. The number of fused-ring (bicyclic) bond motifs is 2. The number of carbonyl (C=O) groups excluding carboxylic acids is 1. The number of nitrogens with two attached hydrogens (primary N) is 1. The van der Waals surface area contributed by atoms with Crippen LogP contribution in [-0.4, -0.2) is 26.6 Å². The highest BCUT2D eigenvalue weighted by Gasteiger charge is 2.11. The van der Waals surface area contributed by atoms with Crippen LogP contribution >= 0.6 is 0 Å². The third-order valence-electron chi connectivity index (χ3n) is 4.33. The monoisotopic (exact) mass is 373 g/mol. The van der Waals surface area contributed by atoms with Crippen LogP contribution in [0.4, 0.5) is 5.69 Å². The Labute approximate surface area is 160 Å². The topological polar surface area (TPSA) is 124 Å². The van der Waals surface area contributed by atoms with E-state index in [9.17, 15) is 4.79 Å². The van der Waals surface area contributed by atoms with Crippen molar-refractivity contribution in [1.29, 1.82) is 0 Å². The van der Waals surface area contributed by atoms with Gasteiger partial charge in [-0.2, -0.15) is 5.10 Å². The zero-order valence-corrected chi connectivity index (χ0v) is 15.2. The predicted molar refractivity (Wildman–Crippen MR) is 111 cm³/mol. The number of carbonyl (C=O) groups is 1. The van der Waals surface area contributed by atoms with Crippen molar-refractivity contribution in [3.05, 3.63) is 72.4 Å². The molecule has 0 aliphatic heterocycles. The van der Waals surface area contributed by atoms with Gasteiger partial charge in [0.1, 0.15) is 11.5 Å². The highest BCUT2D eigenvalue weighted by Crippen LogP contribution is 2.20. The van der Waals surface area contributed by atoms with Crippen molar-refractivity contribution in [3.63, 3.8) is 0 Å². The molecule has 1 amide bonds. The molecule has 0 saturated carbocycles. The van der Waals surface area contributed by atoms with Crippen molar-refractivity contribution >= 4 is 39.2 Å². The second-order valence-electron chi connectivity index (χ2n) is 6.41. The standard InChI is InChI=1S/C20H19N7O/c1-11(26-27-12(2)21)13-3-5-16-14(7-13)8-19(25-16)20(28)24-15-4-6-17-18(9-15)23-10-22-17/h3-10,25,27H,2,21H2,1H3,(H,22,23)(H,24,28)/b26-11+. The number of nitrogens with zero attached hydrogens (tertiary/aromatic N) is 2. The third-order valence-corrected chi connectivity index (χ3v) is 4.33. The molecule has 2 aromatic heterocycles. The van der Waals surface area contributed by atoms with E-state index in [-0.39, 0.29) is 11.7 Å². The van der Waals surface area contributed by atoms with Crippen LogP contribution in [0.15, 0.2) is 66.3 Å². The van der Waals surface area contributed by atoms with E-state index < -0.39 is 0 Å². The summed E-state index contributed by atoms with van der Waals surface area (Å²) in [5.74, 6) is 0.0532. The first-order valence-corrected chi connectivity index (χ1v) is 8.62. The van der Waals surface area contributed by atoms with E-state index in [1.54, 1.807) is 6.33 Å². The van der Waals surface area contributed by atoms with E-state index in [2.05, 4.69) is 37.4 Å². The molecule has 8 heteroatoms. The molecule has 4 rings (SSSR count). The molecule has 0 aliphatic rings. The number of anilines is 1. The number of amides is 1. The Morgan fingerprint density at radius 1 is 1.18 bits per heavy atom. The second-order valence-corrected chi connectivity index (χ2v) is 6.41. The smallest absolute Gasteiger partial charge is 0.272 e. The van der Waals surface area contributed by atoms with E-state index in [1.165, 1.54) is 0 Å². The summed E-state index contributed by atoms with van der Waals surface area (Å²) in [6.07, 6.45) is 1.62. The molecular formula is C20H19N7O. The Morgan fingerprint density at radius 3 is 2.86 bits per heavy atom. The summed E-state index contributed by atoms with van der Waals surface area (Å²) in [4.78, 5) is 23.0. The van der Waals surface area contributed by atoms with Crippen LogP contribution in [0.5, 0.6) is 0 Å². The fraction of sp³-hybridized carbons (Fsp3) is 0.0500. The fourth-order valence-corrected chi connectivity index (χ4v) is 2.91. The molecule has 0 atom stereocenters. The number of hydrogen-bond donors (Lipinski definition) is 5. The number of rotatable bonds is 5. The summed E-state index contributed by atoms with van der Waals surface area (Å²) in [5.41, 5.74) is 13.5. The lowest BCUT2D eigenvalue weighted by Gasteiger charge is -2.03. The molecule has 6 N–H and O–H groups in total. The normalized spacial score (nSPS) is 11.7. The Hall–Kier alpha value is -4.07. The summed E-state index contributed by atoms with van der Waals surface area (Å²) >= 11 is 0. The van der Waals surface area contributed by atoms with Gasteiger partial charge in [-0.15, -0.1) is 0 Å². The zero-order chi connectivity index (χ0) is 19.7. The predicted octanol–water partition coefficient (Wildman–Crippen LogP) is 3.04. The minimum Gasteiger partial charge on any atom is -0.385 e. The maximum atomic E-state index is 12.6. The lowest BCUT2D eigenvalue weighted by atomic mass is 10.1. The van der Waals surface area contributed by atoms with Gasteiger partial charge in [0.2, 0.25) is 0 Å². The number of hydrazone groups is 1. The molecule has 8 nitrogen and oxygen atoms in total. The van der Waals surface area contributed by atoms with Gasteiger partial charge < -0.3 is 21.0 Å². The van der Waals surface area contributed by atoms with E-state index in [1.807, 2.05) is 49.4 Å². The van der Waals surface area contributed by atoms with Crippen molar-refractivity contribution in [3.8, 4) is 0 Å². The number of H-pyrrole nitrogens is 2. The average Bonchev–Trinajstić information content (AvgIpc) is 3.31. The van der Waals surface area contributed by atoms with Gasteiger partial charge in [-0.1, -0.05) is 12.6 Å². The van der Waals surface area contributed by atoms with Crippen LogP contribution in [0.1, 0.15) is 23.0 Å². The maximum Gasteiger partial charge on any atom is 0.272 e. The van der Waals surface area contributed by atoms with Gasteiger partial charge >= 0.3 is 0 Å². The maximum absolute atomic E-state index is 12.6. The van der Waals surface area contributed by atoms with Crippen molar-refractivity contribution in [1.82, 2.24) is 20.4 Å². The molecule has 4 aromatic rings. The van der Waals surface area contributed by atoms with Crippen LogP contribution in [0.25, 0.3) is 21.9 Å². The lowest BCUT2D eigenvalue weighted by Crippen LogP contribution is -2.14. The van der Waals surface area contributed by atoms with E-state index in [0.29, 0.717) is 11.4 Å². The van der Waals surface area contributed by atoms with Gasteiger partial charge in [-0.05, 0) is 48.9 Å². The molecule has 28 heavy (non-hydrogen) atoms. The van der Waals surface area contributed by atoms with Crippen LogP contribution in [-0.2, 0) is 0 Å². The molecule has 0 radical (unpaired) electrons. The van der Waals surface area contributed by atoms with Crippen molar-refractivity contribution < 1.29 is 4.79 Å². The Kier molecular flexibility index (Phi) is 4.29. The van der Waals surface area contributed by atoms with E-state index in [4.69, 9.17) is 5.73 Å². The molecule has 0 saturated heterocycles. The molecule has 0 aliphatic carbocycles. The molecule has 0 fully saturated rings. The summed E-state index contributed by atoms with van der Waals surface area (Å²) in [5, 5.41) is 7.97. The average molecular weight is 373 g/mol. The molecule has 0 bridgehead atoms. The first kappa shape index (κ1) is 17.3. The number of aromatic nitrogens is 3. The first-order valence-electron chi connectivity index (χ1n) is 8.62. The lowest BCUT2D eigenvalue weighted by molar-refractivity contribution is 0.102. The zero-order valence-electron chi connectivity index (χ0n) is 15.2. The Bertz CT molecular complexity index is 1230. The number of aromatic amines is 2. The summed E-state index contributed by atoms with van der Waals surface area (Å²) < 4.78 is 0. The number of imidazole rings is 1. The Balaban J connectivity index is 1.57.